The van der Waals surface area contributed by atoms with Crippen LogP contribution in [0.5, 0.6) is 0 Å². The molecule has 112 valence electrons. The summed E-state index contributed by atoms with van der Waals surface area (Å²) in [5.74, 6) is 0. The molecule has 0 unspecified atom stereocenters. The van der Waals surface area contributed by atoms with E-state index >= 15 is 0 Å². The summed E-state index contributed by atoms with van der Waals surface area (Å²) in [6.07, 6.45) is 0. The molecule has 2 aromatic carbocycles. The van der Waals surface area contributed by atoms with Crippen molar-refractivity contribution >= 4 is 48.9 Å². The zero-order valence-corrected chi connectivity index (χ0v) is 14.6. The number of benzene rings is 2. The van der Waals surface area contributed by atoms with Gasteiger partial charge in [0.05, 0.1) is 4.90 Å². The van der Waals surface area contributed by atoms with Crippen molar-refractivity contribution < 1.29 is 8.42 Å². The average molecular weight is 390 g/mol. The Hall–Kier alpha value is -1.24. The molecule has 0 heterocycles. The van der Waals surface area contributed by atoms with Crippen LogP contribution in [0.15, 0.2) is 39.7 Å². The van der Waals surface area contributed by atoms with Gasteiger partial charge in [0.2, 0.25) is 0 Å². The van der Waals surface area contributed by atoms with Gasteiger partial charge < -0.3 is 5.73 Å². The van der Waals surface area contributed by atoms with Gasteiger partial charge in [0.25, 0.3) is 10.0 Å². The van der Waals surface area contributed by atoms with E-state index in [1.54, 1.807) is 19.1 Å². The average Bonchev–Trinajstić information content (AvgIpc) is 2.37. The van der Waals surface area contributed by atoms with Crippen molar-refractivity contribution in [1.29, 1.82) is 0 Å². The Morgan fingerprint density at radius 2 is 1.86 bits per heavy atom. The lowest BCUT2D eigenvalue weighted by molar-refractivity contribution is 0.600. The molecule has 0 saturated heterocycles. The molecule has 2 rings (SSSR count). The predicted octanol–water partition coefficient (Wildman–Crippen LogP) is 4.10. The van der Waals surface area contributed by atoms with Gasteiger partial charge in [-0.05, 0) is 49.2 Å². The van der Waals surface area contributed by atoms with E-state index in [-0.39, 0.29) is 9.92 Å². The van der Waals surface area contributed by atoms with Crippen LogP contribution >= 0.6 is 27.5 Å². The highest BCUT2D eigenvalue weighted by Crippen LogP contribution is 2.28. The molecule has 0 amide bonds. The quantitative estimate of drug-likeness (QED) is 0.776. The zero-order valence-electron chi connectivity index (χ0n) is 11.4. The largest absolute Gasteiger partial charge is 0.398 e. The van der Waals surface area contributed by atoms with Gasteiger partial charge in [0.1, 0.15) is 0 Å². The van der Waals surface area contributed by atoms with Crippen LogP contribution in [0.4, 0.5) is 11.4 Å². The molecule has 0 fully saturated rings. The van der Waals surface area contributed by atoms with Crippen molar-refractivity contribution in [3.05, 3.63) is 51.0 Å². The molecule has 7 heteroatoms. The first-order valence-electron chi connectivity index (χ1n) is 6.05. The fraction of sp³-hybridized carbons (Fsp3) is 0.143. The number of nitrogens with two attached hydrogens (primary N) is 1. The summed E-state index contributed by atoms with van der Waals surface area (Å²) in [6, 6.07) is 8.13. The number of rotatable bonds is 3. The molecular formula is C14H14BrClN2O2S. The van der Waals surface area contributed by atoms with Crippen LogP contribution in [0.25, 0.3) is 0 Å². The Bertz CT molecular complexity index is 807. The summed E-state index contributed by atoms with van der Waals surface area (Å²) >= 11 is 9.27. The van der Waals surface area contributed by atoms with E-state index < -0.39 is 10.0 Å². The number of sulfonamides is 1. The van der Waals surface area contributed by atoms with Crippen LogP contribution < -0.4 is 10.5 Å². The van der Waals surface area contributed by atoms with Crippen molar-refractivity contribution in [3.8, 4) is 0 Å². The first-order valence-corrected chi connectivity index (χ1v) is 8.71. The fourth-order valence-electron chi connectivity index (χ4n) is 1.82. The van der Waals surface area contributed by atoms with Crippen LogP contribution in [0.1, 0.15) is 11.1 Å². The minimum Gasteiger partial charge on any atom is -0.398 e. The number of hydrogen-bond acceptors (Lipinski definition) is 3. The van der Waals surface area contributed by atoms with Crippen LogP contribution in [-0.2, 0) is 10.0 Å². The van der Waals surface area contributed by atoms with Gasteiger partial charge in [-0.1, -0.05) is 33.6 Å². The number of anilines is 2. The minimum atomic E-state index is -3.75. The van der Waals surface area contributed by atoms with Crippen LogP contribution in [-0.4, -0.2) is 8.42 Å². The Morgan fingerprint density at radius 1 is 1.19 bits per heavy atom. The molecule has 21 heavy (non-hydrogen) atoms. The molecule has 0 spiro atoms. The second-order valence-corrected chi connectivity index (χ2v) is 7.63. The lowest BCUT2D eigenvalue weighted by Crippen LogP contribution is -2.15. The maximum absolute atomic E-state index is 12.5. The van der Waals surface area contributed by atoms with Crippen molar-refractivity contribution in [2.45, 2.75) is 18.7 Å². The molecule has 4 nitrogen and oxygen atoms in total. The maximum Gasteiger partial charge on any atom is 0.262 e. The number of nitrogens with one attached hydrogen (secondary N) is 1. The van der Waals surface area contributed by atoms with Crippen LogP contribution in [0, 0.1) is 13.8 Å². The topological polar surface area (TPSA) is 72.2 Å². The lowest BCUT2D eigenvalue weighted by atomic mass is 10.2. The van der Waals surface area contributed by atoms with E-state index in [0.29, 0.717) is 16.9 Å². The Morgan fingerprint density at radius 3 is 2.48 bits per heavy atom. The first-order chi connectivity index (χ1) is 9.70. The minimum absolute atomic E-state index is 0.0733. The van der Waals surface area contributed by atoms with Gasteiger partial charge in [-0.2, -0.15) is 0 Å². The van der Waals surface area contributed by atoms with Gasteiger partial charge >= 0.3 is 0 Å². The number of aryl methyl sites for hydroxylation is 1. The highest BCUT2D eigenvalue weighted by atomic mass is 79.9. The standard InChI is InChI=1S/C14H14BrClN2O2S/c1-8-3-4-11(7-12(8)15)18-21(19,20)14-6-10(16)5-13(17)9(14)2/h3-7,18H,17H2,1-2H3. The second-order valence-electron chi connectivity index (χ2n) is 4.69. The molecule has 0 aliphatic carbocycles. The molecular weight excluding hydrogens is 376 g/mol. The summed E-state index contributed by atoms with van der Waals surface area (Å²) in [5.41, 5.74) is 8.06. The third-order valence-corrected chi connectivity index (χ3v) is 5.66. The van der Waals surface area contributed by atoms with Crippen molar-refractivity contribution in [2.75, 3.05) is 10.5 Å². The highest BCUT2D eigenvalue weighted by molar-refractivity contribution is 9.10. The molecule has 0 aliphatic heterocycles. The summed E-state index contributed by atoms with van der Waals surface area (Å²) < 4.78 is 28.3. The van der Waals surface area contributed by atoms with E-state index in [2.05, 4.69) is 20.7 Å². The number of halogens is 2. The molecule has 0 radical (unpaired) electrons. The van der Waals surface area contributed by atoms with Crippen molar-refractivity contribution in [2.24, 2.45) is 0 Å². The molecule has 3 N–H and O–H groups in total. The molecule has 0 aromatic heterocycles. The predicted molar refractivity (Wildman–Crippen MR) is 90.3 cm³/mol. The van der Waals surface area contributed by atoms with E-state index in [1.807, 2.05) is 13.0 Å². The van der Waals surface area contributed by atoms with Gasteiger partial charge in [0.15, 0.2) is 0 Å². The normalized spacial score (nSPS) is 11.4. The van der Waals surface area contributed by atoms with Gasteiger partial charge in [-0.25, -0.2) is 8.42 Å². The summed E-state index contributed by atoms with van der Waals surface area (Å²) in [4.78, 5) is 0.0733. The van der Waals surface area contributed by atoms with Crippen molar-refractivity contribution in [1.82, 2.24) is 0 Å². The van der Waals surface area contributed by atoms with Gasteiger partial charge in [-0.15, -0.1) is 0 Å². The maximum atomic E-state index is 12.5. The monoisotopic (exact) mass is 388 g/mol. The van der Waals surface area contributed by atoms with E-state index in [1.165, 1.54) is 12.1 Å². The highest BCUT2D eigenvalue weighted by Gasteiger charge is 2.19. The Labute approximate surface area is 137 Å². The lowest BCUT2D eigenvalue weighted by Gasteiger charge is -2.13. The van der Waals surface area contributed by atoms with Gasteiger partial charge in [0, 0.05) is 20.9 Å². The molecule has 2 aromatic rings. The second kappa shape index (κ2) is 5.87. The third kappa shape index (κ3) is 3.51. The number of nitrogen functional groups attached to an aromatic ring is 1. The summed E-state index contributed by atoms with van der Waals surface area (Å²) in [6.45, 7) is 3.56. The van der Waals surface area contributed by atoms with Crippen molar-refractivity contribution in [3.63, 3.8) is 0 Å². The van der Waals surface area contributed by atoms with Gasteiger partial charge in [-0.3, -0.25) is 4.72 Å². The summed E-state index contributed by atoms with van der Waals surface area (Å²) in [7, 11) is -3.75. The summed E-state index contributed by atoms with van der Waals surface area (Å²) in [5, 5.41) is 0.281. The molecule has 0 aliphatic rings. The smallest absolute Gasteiger partial charge is 0.262 e. The number of hydrogen-bond donors (Lipinski definition) is 2. The molecule has 0 saturated carbocycles. The molecule has 0 atom stereocenters. The van der Waals surface area contributed by atoms with E-state index in [9.17, 15) is 8.42 Å². The first kappa shape index (κ1) is 16.1. The molecule has 0 bridgehead atoms. The Kier molecular flexibility index (Phi) is 4.51. The zero-order chi connectivity index (χ0) is 15.8. The fourth-order valence-corrected chi connectivity index (χ4v) is 3.84. The van der Waals surface area contributed by atoms with Crippen LogP contribution in [0.3, 0.4) is 0 Å². The van der Waals surface area contributed by atoms with Crippen LogP contribution in [0.2, 0.25) is 5.02 Å². The van der Waals surface area contributed by atoms with E-state index in [0.717, 1.165) is 10.0 Å². The third-order valence-electron chi connectivity index (χ3n) is 3.08. The Balaban J connectivity index is 2.45. The SMILES string of the molecule is Cc1ccc(NS(=O)(=O)c2cc(Cl)cc(N)c2C)cc1Br. The van der Waals surface area contributed by atoms with E-state index in [4.69, 9.17) is 17.3 Å².